The van der Waals surface area contributed by atoms with Crippen LogP contribution in [0.4, 0.5) is 13.2 Å². The van der Waals surface area contributed by atoms with Crippen molar-refractivity contribution < 1.29 is 13.2 Å². The van der Waals surface area contributed by atoms with Gasteiger partial charge in [0.05, 0.1) is 5.56 Å². The Labute approximate surface area is 214 Å². The second kappa shape index (κ2) is 12.5. The normalized spacial score (nSPS) is 23.7. The summed E-state index contributed by atoms with van der Waals surface area (Å²) in [5, 5.41) is 0. The van der Waals surface area contributed by atoms with Crippen LogP contribution >= 0.6 is 0 Å². The number of aryl methyl sites for hydroxylation is 1. The van der Waals surface area contributed by atoms with Crippen molar-refractivity contribution in [2.24, 2.45) is 17.8 Å². The lowest BCUT2D eigenvalue weighted by Crippen LogP contribution is -2.30. The molecular weight excluding hydrogens is 453 g/mol. The molecule has 0 nitrogen and oxygen atoms in total. The van der Waals surface area contributed by atoms with E-state index in [1.165, 1.54) is 44.2 Å². The topological polar surface area (TPSA) is 0 Å². The molecule has 2 aliphatic carbocycles. The number of fused-ring (bicyclic) bond motifs is 1. The van der Waals surface area contributed by atoms with Gasteiger partial charge in [0, 0.05) is 5.56 Å². The van der Waals surface area contributed by atoms with Gasteiger partial charge in [0.15, 0.2) is 11.6 Å². The number of hydrogen-bond donors (Lipinski definition) is 0. The van der Waals surface area contributed by atoms with Crippen LogP contribution in [-0.2, 0) is 6.42 Å². The van der Waals surface area contributed by atoms with E-state index in [1.54, 1.807) is 6.07 Å². The molecule has 2 fully saturated rings. The molecule has 4 atom stereocenters. The highest BCUT2D eigenvalue weighted by molar-refractivity contribution is 5.46. The summed E-state index contributed by atoms with van der Waals surface area (Å²) in [4.78, 5) is 0. The fraction of sp³-hybridized carbons (Fsp3) is 0.455. The number of benzene rings is 2. The monoisotopic (exact) mass is 490 g/mol. The van der Waals surface area contributed by atoms with Crippen LogP contribution in [0.5, 0.6) is 0 Å². The Morgan fingerprint density at radius 3 is 2.50 bits per heavy atom. The average molecular weight is 491 g/mol. The molecule has 0 heterocycles. The summed E-state index contributed by atoms with van der Waals surface area (Å²) in [5.41, 5.74) is 1.58. The van der Waals surface area contributed by atoms with Gasteiger partial charge in [-0.05, 0) is 118 Å². The highest BCUT2D eigenvalue weighted by Crippen LogP contribution is 2.48. The van der Waals surface area contributed by atoms with Gasteiger partial charge >= 0.3 is 0 Å². The fourth-order valence-corrected chi connectivity index (χ4v) is 6.24. The molecule has 36 heavy (non-hydrogen) atoms. The van der Waals surface area contributed by atoms with Gasteiger partial charge in [-0.25, -0.2) is 13.2 Å². The zero-order valence-corrected chi connectivity index (χ0v) is 21.3. The van der Waals surface area contributed by atoms with E-state index in [0.29, 0.717) is 29.9 Å². The molecule has 4 unspecified atom stereocenters. The fourth-order valence-electron chi connectivity index (χ4n) is 6.24. The Morgan fingerprint density at radius 1 is 0.917 bits per heavy atom. The van der Waals surface area contributed by atoms with Crippen LogP contribution in [0.15, 0.2) is 55.1 Å². The van der Waals surface area contributed by atoms with Gasteiger partial charge in [0.2, 0.25) is 0 Å². The Morgan fingerprint density at radius 2 is 1.72 bits per heavy atom. The summed E-state index contributed by atoms with van der Waals surface area (Å²) in [5.74, 6) is 6.04. The van der Waals surface area contributed by atoms with Crippen LogP contribution in [0.1, 0.15) is 92.9 Å². The third-order valence-corrected chi connectivity index (χ3v) is 8.26. The van der Waals surface area contributed by atoms with E-state index >= 15 is 4.39 Å². The lowest BCUT2D eigenvalue weighted by molar-refractivity contribution is 0.114. The van der Waals surface area contributed by atoms with E-state index in [-0.39, 0.29) is 17.3 Å². The third-order valence-electron chi connectivity index (χ3n) is 8.26. The molecule has 2 aliphatic rings. The molecule has 3 heteroatoms. The van der Waals surface area contributed by atoms with Gasteiger partial charge in [-0.3, -0.25) is 0 Å². The van der Waals surface area contributed by atoms with Gasteiger partial charge in [-0.1, -0.05) is 48.6 Å². The van der Waals surface area contributed by atoms with Crippen LogP contribution < -0.4 is 0 Å². The average Bonchev–Trinajstić information content (AvgIpc) is 2.89. The van der Waals surface area contributed by atoms with Crippen molar-refractivity contribution >= 4 is 0 Å². The quantitative estimate of drug-likeness (QED) is 0.268. The second-order valence-corrected chi connectivity index (χ2v) is 10.6. The van der Waals surface area contributed by atoms with Crippen LogP contribution in [0.25, 0.3) is 0 Å². The Bertz CT molecular complexity index is 1150. The van der Waals surface area contributed by atoms with Crippen molar-refractivity contribution in [3.8, 4) is 11.8 Å². The van der Waals surface area contributed by atoms with Crippen molar-refractivity contribution in [2.75, 3.05) is 0 Å². The van der Waals surface area contributed by atoms with Crippen molar-refractivity contribution in [1.29, 1.82) is 0 Å². The van der Waals surface area contributed by atoms with Crippen LogP contribution in [0.2, 0.25) is 0 Å². The molecule has 4 rings (SSSR count). The van der Waals surface area contributed by atoms with E-state index in [9.17, 15) is 8.78 Å². The van der Waals surface area contributed by atoms with Gasteiger partial charge in [-0.2, -0.15) is 0 Å². The molecule has 0 bridgehead atoms. The first-order chi connectivity index (χ1) is 17.5. The molecule has 0 saturated heterocycles. The molecule has 0 spiro atoms. The first-order valence-electron chi connectivity index (χ1n) is 13.5. The maximum absolute atomic E-state index is 15.1. The molecule has 0 aliphatic heterocycles. The van der Waals surface area contributed by atoms with Crippen LogP contribution in [0.3, 0.4) is 0 Å². The lowest BCUT2D eigenvalue weighted by atomic mass is 9.63. The second-order valence-electron chi connectivity index (χ2n) is 10.6. The highest BCUT2D eigenvalue weighted by atomic mass is 19.2. The molecule has 0 radical (unpaired) electrons. The molecule has 2 aromatic carbocycles. The van der Waals surface area contributed by atoms with E-state index < -0.39 is 11.6 Å². The van der Waals surface area contributed by atoms with E-state index in [0.717, 1.165) is 36.7 Å². The van der Waals surface area contributed by atoms with Crippen LogP contribution in [0, 0.1) is 47.0 Å². The van der Waals surface area contributed by atoms with E-state index in [4.69, 9.17) is 0 Å². The summed E-state index contributed by atoms with van der Waals surface area (Å²) in [6.07, 6.45) is 16.4. The summed E-state index contributed by atoms with van der Waals surface area (Å²) in [7, 11) is 0. The Kier molecular flexibility index (Phi) is 9.13. The predicted molar refractivity (Wildman–Crippen MR) is 142 cm³/mol. The molecule has 2 saturated carbocycles. The Balaban J connectivity index is 1.41. The standard InChI is InChI=1S/C33H37F3/c1-3-5-7-9-25-15-16-26(33(36)32(25)35)13-10-24-12-19-30(31(34)21-24)29-18-17-27-20-23(8-6-4-2)11-14-28(27)22-29/h3-5,12,15-16,19,21,23,27-29H,2,6-9,11,14,17-18,20,22H2,1H3/b5-3+. The lowest BCUT2D eigenvalue weighted by Gasteiger charge is -2.42. The largest absolute Gasteiger partial charge is 0.207 e. The van der Waals surface area contributed by atoms with Crippen molar-refractivity contribution in [3.63, 3.8) is 0 Å². The van der Waals surface area contributed by atoms with Crippen molar-refractivity contribution in [3.05, 3.63) is 94.8 Å². The number of allylic oxidation sites excluding steroid dienone is 3. The van der Waals surface area contributed by atoms with Gasteiger partial charge in [0.25, 0.3) is 0 Å². The molecule has 2 aromatic rings. The summed E-state index contributed by atoms with van der Waals surface area (Å²) < 4.78 is 44.0. The van der Waals surface area contributed by atoms with Crippen LogP contribution in [-0.4, -0.2) is 0 Å². The zero-order valence-electron chi connectivity index (χ0n) is 21.3. The van der Waals surface area contributed by atoms with Gasteiger partial charge < -0.3 is 0 Å². The van der Waals surface area contributed by atoms with E-state index in [2.05, 4.69) is 18.4 Å². The van der Waals surface area contributed by atoms with Gasteiger partial charge in [-0.15, -0.1) is 6.58 Å². The minimum absolute atomic E-state index is 0.00576. The predicted octanol–water partition coefficient (Wildman–Crippen LogP) is 9.28. The first-order valence-corrected chi connectivity index (χ1v) is 13.5. The summed E-state index contributed by atoms with van der Waals surface area (Å²) in [6.45, 7) is 5.75. The van der Waals surface area contributed by atoms with Crippen molar-refractivity contribution in [2.45, 2.75) is 77.0 Å². The maximum Gasteiger partial charge on any atom is 0.174 e. The maximum atomic E-state index is 15.1. The summed E-state index contributed by atoms with van der Waals surface area (Å²) >= 11 is 0. The molecule has 190 valence electrons. The van der Waals surface area contributed by atoms with Crippen molar-refractivity contribution in [1.82, 2.24) is 0 Å². The van der Waals surface area contributed by atoms with E-state index in [1.807, 2.05) is 37.3 Å². The minimum atomic E-state index is -0.937. The first kappa shape index (κ1) is 26.3. The number of halogens is 3. The smallest absolute Gasteiger partial charge is 0.174 e. The molecule has 0 amide bonds. The summed E-state index contributed by atoms with van der Waals surface area (Å²) in [6, 6.07) is 8.19. The third kappa shape index (κ3) is 6.33. The van der Waals surface area contributed by atoms with Gasteiger partial charge in [0.1, 0.15) is 5.82 Å². The SMILES string of the molecule is C=CCCC1CCC2CC(c3ccc(C#Cc4ccc(CC/C=C/C)c(F)c4F)cc3F)CCC2C1. The molecular formula is C33H37F3. The number of rotatable bonds is 7. The number of hydrogen-bond acceptors (Lipinski definition) is 0. The zero-order chi connectivity index (χ0) is 25.5. The molecule has 0 aromatic heterocycles. The molecule has 0 N–H and O–H groups in total. The Hall–Kier alpha value is -2.73. The minimum Gasteiger partial charge on any atom is -0.207 e. The highest BCUT2D eigenvalue weighted by Gasteiger charge is 2.36.